The summed E-state index contributed by atoms with van der Waals surface area (Å²) in [5, 5.41) is 8.16. The summed E-state index contributed by atoms with van der Waals surface area (Å²) < 4.78 is 41.9. The maximum absolute atomic E-state index is 13.4. The summed E-state index contributed by atoms with van der Waals surface area (Å²) in [5.41, 5.74) is 1.51. The molecule has 0 bridgehead atoms. The van der Waals surface area contributed by atoms with E-state index in [9.17, 15) is 18.0 Å². The van der Waals surface area contributed by atoms with Crippen molar-refractivity contribution in [3.63, 3.8) is 0 Å². The van der Waals surface area contributed by atoms with Crippen molar-refractivity contribution in [3.05, 3.63) is 65.1 Å². The van der Waals surface area contributed by atoms with E-state index >= 15 is 0 Å². The molecule has 30 heavy (non-hydrogen) atoms. The number of halogens is 3. The molecule has 5 rings (SSSR count). The molecule has 3 heterocycles. The van der Waals surface area contributed by atoms with Gasteiger partial charge in [-0.05, 0) is 66.8 Å². The standard InChI is InChI=1S/C22H21F3N4O/c1-13-6-7-29-19(8-13)26-27-20(29)21(30)28-11-15-9-14(10-16(15)12-28)17-4-2-3-5-18(17)22(23,24)25/h2-8,14-16H,9-12H2,1H3. The van der Waals surface area contributed by atoms with Crippen LogP contribution in [0.2, 0.25) is 0 Å². The number of hydrogen-bond acceptors (Lipinski definition) is 3. The normalized spacial score (nSPS) is 23.9. The molecule has 2 unspecified atom stereocenters. The van der Waals surface area contributed by atoms with Crippen molar-refractivity contribution >= 4 is 11.6 Å². The summed E-state index contributed by atoms with van der Waals surface area (Å²) in [6.45, 7) is 3.05. The highest BCUT2D eigenvalue weighted by Gasteiger charge is 2.45. The number of alkyl halides is 3. The number of carbonyl (C=O) groups excluding carboxylic acids is 1. The average molecular weight is 414 g/mol. The summed E-state index contributed by atoms with van der Waals surface area (Å²) in [6, 6.07) is 9.64. The van der Waals surface area contributed by atoms with E-state index in [4.69, 9.17) is 0 Å². The number of aryl methyl sites for hydroxylation is 1. The minimum absolute atomic E-state index is 0.119. The number of amides is 1. The molecule has 3 aromatic rings. The first-order chi connectivity index (χ1) is 14.3. The molecule has 1 aromatic carbocycles. The Kier molecular flexibility index (Phi) is 4.34. The lowest BCUT2D eigenvalue weighted by atomic mass is 9.91. The molecule has 0 N–H and O–H groups in total. The SMILES string of the molecule is Cc1ccn2c(C(=O)N3CC4CC(c5ccccc5C(F)(F)F)CC4C3)nnc2c1. The maximum atomic E-state index is 13.4. The summed E-state index contributed by atoms with van der Waals surface area (Å²) in [7, 11) is 0. The number of nitrogens with zero attached hydrogens (tertiary/aromatic N) is 4. The van der Waals surface area contributed by atoms with Crippen molar-refractivity contribution in [1.82, 2.24) is 19.5 Å². The molecule has 156 valence electrons. The summed E-state index contributed by atoms with van der Waals surface area (Å²) in [4.78, 5) is 14.8. The van der Waals surface area contributed by atoms with Crippen LogP contribution in [0.4, 0.5) is 13.2 Å². The molecule has 2 aromatic heterocycles. The topological polar surface area (TPSA) is 50.5 Å². The van der Waals surface area contributed by atoms with Gasteiger partial charge in [0.15, 0.2) is 5.65 Å². The smallest absolute Gasteiger partial charge is 0.335 e. The van der Waals surface area contributed by atoms with E-state index in [1.165, 1.54) is 6.07 Å². The number of aromatic nitrogens is 3. The average Bonchev–Trinajstić information content (AvgIpc) is 3.39. The van der Waals surface area contributed by atoms with E-state index in [2.05, 4.69) is 10.2 Å². The highest BCUT2D eigenvalue weighted by atomic mass is 19.4. The first-order valence-corrected chi connectivity index (χ1v) is 10.1. The van der Waals surface area contributed by atoms with Gasteiger partial charge in [-0.3, -0.25) is 9.20 Å². The molecule has 0 spiro atoms. The van der Waals surface area contributed by atoms with Crippen LogP contribution in [0.3, 0.4) is 0 Å². The van der Waals surface area contributed by atoms with Crippen LogP contribution in [-0.2, 0) is 6.18 Å². The summed E-state index contributed by atoms with van der Waals surface area (Å²) in [6.07, 6.45) is -1.22. The van der Waals surface area contributed by atoms with Crippen molar-refractivity contribution in [2.45, 2.75) is 31.9 Å². The molecular weight excluding hydrogens is 393 g/mol. The molecule has 1 saturated heterocycles. The number of benzene rings is 1. The van der Waals surface area contributed by atoms with Gasteiger partial charge in [-0.25, -0.2) is 0 Å². The highest BCUT2D eigenvalue weighted by Crippen LogP contribution is 2.48. The maximum Gasteiger partial charge on any atom is 0.416 e. The zero-order valence-electron chi connectivity index (χ0n) is 16.4. The minimum atomic E-state index is -4.34. The van der Waals surface area contributed by atoms with Crippen LogP contribution >= 0.6 is 0 Å². The van der Waals surface area contributed by atoms with Crippen LogP contribution in [0.1, 0.15) is 46.1 Å². The van der Waals surface area contributed by atoms with Gasteiger partial charge >= 0.3 is 6.18 Å². The zero-order valence-corrected chi connectivity index (χ0v) is 16.4. The van der Waals surface area contributed by atoms with Gasteiger partial charge in [0.05, 0.1) is 5.56 Å². The van der Waals surface area contributed by atoms with Crippen molar-refractivity contribution in [2.75, 3.05) is 13.1 Å². The number of carbonyl (C=O) groups is 1. The number of likely N-dealkylation sites (tertiary alicyclic amines) is 1. The molecule has 0 radical (unpaired) electrons. The van der Waals surface area contributed by atoms with Crippen LogP contribution in [0.25, 0.3) is 5.65 Å². The van der Waals surface area contributed by atoms with E-state index < -0.39 is 11.7 Å². The van der Waals surface area contributed by atoms with E-state index in [1.54, 1.807) is 27.6 Å². The number of fused-ring (bicyclic) bond motifs is 2. The third-order valence-electron chi connectivity index (χ3n) is 6.50. The van der Waals surface area contributed by atoms with Crippen LogP contribution in [0, 0.1) is 18.8 Å². The molecular formula is C22H21F3N4O. The fourth-order valence-electron chi connectivity index (χ4n) is 5.11. The lowest BCUT2D eigenvalue weighted by Crippen LogP contribution is -2.31. The molecule has 2 aliphatic rings. The fraction of sp³-hybridized carbons (Fsp3) is 0.409. The lowest BCUT2D eigenvalue weighted by molar-refractivity contribution is -0.138. The van der Waals surface area contributed by atoms with Gasteiger partial charge in [-0.1, -0.05) is 18.2 Å². The second-order valence-electron chi connectivity index (χ2n) is 8.44. The Morgan fingerprint density at radius 3 is 2.47 bits per heavy atom. The van der Waals surface area contributed by atoms with Crippen molar-refractivity contribution < 1.29 is 18.0 Å². The number of rotatable bonds is 2. The second kappa shape index (κ2) is 6.82. The predicted octanol–water partition coefficient (Wildman–Crippen LogP) is 4.32. The van der Waals surface area contributed by atoms with Gasteiger partial charge in [0, 0.05) is 19.3 Å². The Hall–Kier alpha value is -2.90. The molecule has 5 nitrogen and oxygen atoms in total. The Labute approximate surface area is 171 Å². The zero-order chi connectivity index (χ0) is 21.0. The van der Waals surface area contributed by atoms with Gasteiger partial charge in [0.1, 0.15) is 0 Å². The molecule has 1 saturated carbocycles. The van der Waals surface area contributed by atoms with E-state index in [-0.39, 0.29) is 29.5 Å². The Morgan fingerprint density at radius 2 is 1.77 bits per heavy atom. The lowest BCUT2D eigenvalue weighted by Gasteiger charge is -2.21. The van der Waals surface area contributed by atoms with Crippen molar-refractivity contribution in [1.29, 1.82) is 0 Å². The van der Waals surface area contributed by atoms with Gasteiger partial charge in [-0.2, -0.15) is 13.2 Å². The molecule has 1 aliphatic heterocycles. The molecule has 2 fully saturated rings. The molecule has 1 aliphatic carbocycles. The third-order valence-corrected chi connectivity index (χ3v) is 6.50. The van der Waals surface area contributed by atoms with Gasteiger partial charge < -0.3 is 4.90 Å². The summed E-state index contributed by atoms with van der Waals surface area (Å²) >= 11 is 0. The Bertz CT molecular complexity index is 1110. The monoisotopic (exact) mass is 414 g/mol. The fourth-order valence-corrected chi connectivity index (χ4v) is 5.11. The predicted molar refractivity (Wildman–Crippen MR) is 104 cm³/mol. The van der Waals surface area contributed by atoms with Gasteiger partial charge in [0.25, 0.3) is 5.91 Å². The highest BCUT2D eigenvalue weighted by molar-refractivity contribution is 5.91. The molecule has 8 heteroatoms. The molecule has 2 atom stereocenters. The van der Waals surface area contributed by atoms with E-state index in [1.807, 2.05) is 19.1 Å². The third kappa shape index (κ3) is 3.14. The Balaban J connectivity index is 1.32. The second-order valence-corrected chi connectivity index (χ2v) is 8.44. The van der Waals surface area contributed by atoms with Gasteiger partial charge in [0.2, 0.25) is 5.82 Å². The van der Waals surface area contributed by atoms with E-state index in [0.29, 0.717) is 37.1 Å². The van der Waals surface area contributed by atoms with Crippen LogP contribution < -0.4 is 0 Å². The Morgan fingerprint density at radius 1 is 1.07 bits per heavy atom. The van der Waals surface area contributed by atoms with Crippen molar-refractivity contribution in [2.24, 2.45) is 11.8 Å². The first-order valence-electron chi connectivity index (χ1n) is 10.1. The number of hydrogen-bond donors (Lipinski definition) is 0. The first kappa shape index (κ1) is 19.1. The summed E-state index contributed by atoms with van der Waals surface area (Å²) in [5.74, 6) is 0.409. The quantitative estimate of drug-likeness (QED) is 0.628. The van der Waals surface area contributed by atoms with E-state index in [0.717, 1.165) is 11.6 Å². The van der Waals surface area contributed by atoms with Gasteiger partial charge in [-0.15, -0.1) is 10.2 Å². The van der Waals surface area contributed by atoms with Crippen LogP contribution in [0.5, 0.6) is 0 Å². The van der Waals surface area contributed by atoms with Crippen LogP contribution in [0.15, 0.2) is 42.6 Å². The van der Waals surface area contributed by atoms with Crippen molar-refractivity contribution in [3.8, 4) is 0 Å². The number of pyridine rings is 1. The molecule has 1 amide bonds. The van der Waals surface area contributed by atoms with Crippen LogP contribution in [-0.4, -0.2) is 38.5 Å². The minimum Gasteiger partial charge on any atom is -0.335 e. The largest absolute Gasteiger partial charge is 0.416 e.